The Kier molecular flexibility index (Phi) is 5.01. The summed E-state index contributed by atoms with van der Waals surface area (Å²) in [6.07, 6.45) is -3.99. The fraction of sp³-hybridized carbons (Fsp3) is 0.500. The SMILES string of the molecule is CN(C)[C@@H]1C(=O)C(C(N)=O)=C(O)[C@@]2(O)C(O)C3C(=O)c4c(O)cccc4[C@@](C)(O)[C@H]3[C@H](O)[C@@H]12. The average molecular weight is 462 g/mol. The van der Waals surface area contributed by atoms with Gasteiger partial charge >= 0.3 is 0 Å². The minimum absolute atomic E-state index is 0.00608. The highest BCUT2D eigenvalue weighted by atomic mass is 16.4. The van der Waals surface area contributed by atoms with Crippen molar-refractivity contribution in [3.8, 4) is 5.75 Å². The van der Waals surface area contributed by atoms with Crippen LogP contribution in [0.15, 0.2) is 29.5 Å². The van der Waals surface area contributed by atoms with Crippen molar-refractivity contribution < 1.29 is 45.0 Å². The molecule has 1 amide bonds. The quantitative estimate of drug-likeness (QED) is 0.239. The average Bonchev–Trinajstić information content (AvgIpc) is 2.70. The van der Waals surface area contributed by atoms with E-state index in [0.29, 0.717) is 0 Å². The van der Waals surface area contributed by atoms with Crippen LogP contribution in [0.1, 0.15) is 22.8 Å². The number of phenols is 1. The molecule has 8 atom stereocenters. The van der Waals surface area contributed by atoms with E-state index in [1.807, 2.05) is 0 Å². The van der Waals surface area contributed by atoms with Crippen LogP contribution in [0.3, 0.4) is 0 Å². The molecule has 1 saturated carbocycles. The summed E-state index contributed by atoms with van der Waals surface area (Å²) in [5, 5.41) is 66.9. The van der Waals surface area contributed by atoms with Gasteiger partial charge in [0.25, 0.3) is 5.91 Å². The molecular formula is C22H26N2O9. The molecule has 33 heavy (non-hydrogen) atoms. The second-order valence-corrected chi connectivity index (χ2v) is 9.41. The van der Waals surface area contributed by atoms with Crippen molar-refractivity contribution in [3.63, 3.8) is 0 Å². The lowest BCUT2D eigenvalue weighted by molar-refractivity contribution is -0.245. The van der Waals surface area contributed by atoms with Crippen LogP contribution in [0.5, 0.6) is 5.75 Å². The summed E-state index contributed by atoms with van der Waals surface area (Å²) in [4.78, 5) is 39.7. The van der Waals surface area contributed by atoms with Crippen molar-refractivity contribution >= 4 is 17.5 Å². The maximum Gasteiger partial charge on any atom is 0.255 e. The zero-order valence-electron chi connectivity index (χ0n) is 18.1. The van der Waals surface area contributed by atoms with Crippen molar-refractivity contribution in [1.82, 2.24) is 4.90 Å². The van der Waals surface area contributed by atoms with Crippen molar-refractivity contribution in [2.75, 3.05) is 14.1 Å². The second-order valence-electron chi connectivity index (χ2n) is 9.41. The van der Waals surface area contributed by atoms with E-state index in [-0.39, 0.29) is 11.1 Å². The molecule has 11 heteroatoms. The van der Waals surface area contributed by atoms with E-state index in [2.05, 4.69) is 0 Å². The van der Waals surface area contributed by atoms with Gasteiger partial charge in [-0.25, -0.2) is 0 Å². The minimum Gasteiger partial charge on any atom is -0.508 e. The first-order valence-electron chi connectivity index (χ1n) is 10.3. The van der Waals surface area contributed by atoms with E-state index in [4.69, 9.17) is 5.73 Å². The van der Waals surface area contributed by atoms with Crippen LogP contribution in [0, 0.1) is 17.8 Å². The number of carbonyl (C=O) groups is 3. The summed E-state index contributed by atoms with van der Waals surface area (Å²) < 4.78 is 0. The standard InChI is InChI=1S/C22H26N2O9/c1-21(32)7-5-4-6-8(25)9(7)15(26)10-12(21)17(28)13-14(24(2)3)16(27)11(20(23)31)19(30)22(13,33)18(10)29/h4-6,10,12-14,17-18,25,28-30,32-33H,1-3H3,(H2,23,31)/t10?,12-,13-,14+,17+,18?,21-,22+/m1/s1. The Balaban J connectivity index is 2.04. The van der Waals surface area contributed by atoms with Gasteiger partial charge in [0, 0.05) is 11.8 Å². The lowest BCUT2D eigenvalue weighted by atomic mass is 9.49. The number of primary amides is 1. The molecule has 0 spiro atoms. The number of amides is 1. The van der Waals surface area contributed by atoms with E-state index in [0.717, 1.165) is 0 Å². The fourth-order valence-electron chi connectivity index (χ4n) is 6.07. The number of benzene rings is 1. The number of hydrogen-bond acceptors (Lipinski definition) is 10. The number of nitrogens with two attached hydrogens (primary N) is 1. The zero-order chi connectivity index (χ0) is 24.8. The molecule has 4 rings (SSSR count). The summed E-state index contributed by atoms with van der Waals surface area (Å²) in [6.45, 7) is 1.29. The third kappa shape index (κ3) is 2.71. The van der Waals surface area contributed by atoms with Gasteiger partial charge in [-0.3, -0.25) is 19.3 Å². The van der Waals surface area contributed by atoms with Crippen LogP contribution in [-0.2, 0) is 15.2 Å². The van der Waals surface area contributed by atoms with Gasteiger partial charge in [0.2, 0.25) is 0 Å². The van der Waals surface area contributed by atoms with Gasteiger partial charge in [-0.05, 0) is 32.6 Å². The summed E-state index contributed by atoms with van der Waals surface area (Å²) in [5.41, 5.74) is -0.797. The van der Waals surface area contributed by atoms with Gasteiger partial charge in [0.15, 0.2) is 17.2 Å². The maximum absolute atomic E-state index is 13.4. The molecular weight excluding hydrogens is 436 g/mol. The largest absolute Gasteiger partial charge is 0.508 e. The molecule has 1 aromatic rings. The Morgan fingerprint density at radius 1 is 1.06 bits per heavy atom. The maximum atomic E-state index is 13.4. The Bertz CT molecular complexity index is 1110. The molecule has 0 saturated heterocycles. The van der Waals surface area contributed by atoms with Gasteiger partial charge in [-0.2, -0.15) is 0 Å². The van der Waals surface area contributed by atoms with E-state index in [1.54, 1.807) is 0 Å². The number of aromatic hydroxyl groups is 1. The molecule has 178 valence electrons. The molecule has 0 bridgehead atoms. The molecule has 11 nitrogen and oxygen atoms in total. The van der Waals surface area contributed by atoms with E-state index in [1.165, 1.54) is 44.1 Å². The Labute approximate surface area is 188 Å². The van der Waals surface area contributed by atoms with E-state index >= 15 is 0 Å². The van der Waals surface area contributed by atoms with Crippen molar-refractivity contribution in [2.24, 2.45) is 23.5 Å². The molecule has 0 radical (unpaired) electrons. The molecule has 1 fully saturated rings. The van der Waals surface area contributed by atoms with Gasteiger partial charge in [-0.1, -0.05) is 12.1 Å². The predicted octanol–water partition coefficient (Wildman–Crippen LogP) is -2.08. The molecule has 3 aliphatic rings. The highest BCUT2D eigenvalue weighted by molar-refractivity contribution is 6.22. The normalized spacial score (nSPS) is 40.4. The summed E-state index contributed by atoms with van der Waals surface area (Å²) >= 11 is 0. The second kappa shape index (κ2) is 7.08. The Hall–Kier alpha value is -2.83. The van der Waals surface area contributed by atoms with Crippen LogP contribution < -0.4 is 5.73 Å². The number of Topliss-reactive ketones (excluding diaryl/α,β-unsaturated/α-hetero) is 2. The summed E-state index contributed by atoms with van der Waals surface area (Å²) in [5.74, 6) is -9.73. The molecule has 3 aliphatic carbocycles. The fourth-order valence-corrected chi connectivity index (χ4v) is 6.07. The van der Waals surface area contributed by atoms with Crippen molar-refractivity contribution in [3.05, 3.63) is 40.7 Å². The van der Waals surface area contributed by atoms with Crippen LogP contribution in [0.2, 0.25) is 0 Å². The minimum atomic E-state index is -2.83. The first kappa shape index (κ1) is 23.3. The lowest BCUT2D eigenvalue weighted by Crippen LogP contribution is -2.76. The topological polar surface area (TPSA) is 202 Å². The molecule has 0 aliphatic heterocycles. The summed E-state index contributed by atoms with van der Waals surface area (Å²) in [6, 6.07) is 2.57. The number of nitrogens with zero attached hydrogens (tertiary/aromatic N) is 1. The monoisotopic (exact) mass is 462 g/mol. The van der Waals surface area contributed by atoms with Gasteiger partial charge < -0.3 is 36.4 Å². The van der Waals surface area contributed by atoms with Crippen LogP contribution in [0.25, 0.3) is 0 Å². The van der Waals surface area contributed by atoms with Crippen LogP contribution in [0.4, 0.5) is 0 Å². The molecule has 0 aromatic heterocycles. The number of aliphatic hydroxyl groups excluding tert-OH is 3. The number of hydrogen-bond donors (Lipinski definition) is 7. The number of aliphatic hydroxyl groups is 5. The molecule has 0 heterocycles. The zero-order valence-corrected chi connectivity index (χ0v) is 18.1. The highest BCUT2D eigenvalue weighted by Gasteiger charge is 2.72. The number of carbonyl (C=O) groups excluding carboxylic acids is 3. The van der Waals surface area contributed by atoms with E-state index in [9.17, 15) is 45.0 Å². The number of likely N-dealkylation sites (N-methyl/N-ethyl adjacent to an activating group) is 1. The Morgan fingerprint density at radius 2 is 1.67 bits per heavy atom. The number of phenolic OH excluding ortho intramolecular Hbond substituents is 1. The van der Waals surface area contributed by atoms with Crippen LogP contribution in [-0.4, -0.2) is 91.0 Å². The third-order valence-corrected chi connectivity index (χ3v) is 7.48. The number of ketones is 2. The Morgan fingerprint density at radius 3 is 2.21 bits per heavy atom. The first-order chi connectivity index (χ1) is 15.2. The van der Waals surface area contributed by atoms with Crippen LogP contribution >= 0.6 is 0 Å². The predicted molar refractivity (Wildman–Crippen MR) is 111 cm³/mol. The third-order valence-electron chi connectivity index (χ3n) is 7.48. The molecule has 8 N–H and O–H groups in total. The van der Waals surface area contributed by atoms with Gasteiger partial charge in [0.1, 0.15) is 23.2 Å². The lowest BCUT2D eigenvalue weighted by Gasteiger charge is -2.60. The van der Waals surface area contributed by atoms with Crippen molar-refractivity contribution in [2.45, 2.75) is 36.4 Å². The number of fused-ring (bicyclic) bond motifs is 3. The smallest absolute Gasteiger partial charge is 0.255 e. The van der Waals surface area contributed by atoms with Gasteiger partial charge in [0.05, 0.1) is 29.2 Å². The van der Waals surface area contributed by atoms with E-state index < -0.39 is 81.8 Å². The number of rotatable bonds is 2. The van der Waals surface area contributed by atoms with Gasteiger partial charge in [-0.15, -0.1) is 0 Å². The highest BCUT2D eigenvalue weighted by Crippen LogP contribution is 2.57. The molecule has 2 unspecified atom stereocenters. The molecule has 1 aromatic carbocycles. The van der Waals surface area contributed by atoms with Crippen molar-refractivity contribution in [1.29, 1.82) is 0 Å². The first-order valence-corrected chi connectivity index (χ1v) is 10.3. The summed E-state index contributed by atoms with van der Waals surface area (Å²) in [7, 11) is 2.85.